The largest absolute Gasteiger partial charge is 0.358 e. The average Bonchev–Trinajstić information content (AvgIpc) is 1.86. The number of rotatable bonds is 2. The second-order valence-corrected chi connectivity index (χ2v) is 1.77. The molecule has 0 aliphatic rings. The lowest BCUT2D eigenvalue weighted by Gasteiger charge is -2.17. The Morgan fingerprint density at radius 3 is 2.33 bits per heavy atom. The van der Waals surface area contributed by atoms with E-state index >= 15 is 0 Å². The molecule has 1 atom stereocenters. The van der Waals surface area contributed by atoms with E-state index in [9.17, 15) is 4.79 Å². The predicted octanol–water partition coefficient (Wildman–Crippen LogP) is -0.913. The highest BCUT2D eigenvalue weighted by Gasteiger charge is 2.28. The monoisotopic (exact) mass is 133 g/mol. The summed E-state index contributed by atoms with van der Waals surface area (Å²) in [6, 6.07) is 0. The molecule has 0 rings (SSSR count). The van der Waals surface area contributed by atoms with Crippen LogP contribution in [0.25, 0.3) is 0 Å². The molecule has 9 heavy (non-hydrogen) atoms. The van der Waals surface area contributed by atoms with Crippen molar-refractivity contribution in [2.45, 2.75) is 12.7 Å². The molecule has 54 valence electrons. The maximum Gasteiger partial charge on any atom is 0.279 e. The van der Waals surface area contributed by atoms with E-state index < -0.39 is 11.7 Å². The topological polar surface area (TPSA) is 58.6 Å². The van der Waals surface area contributed by atoms with Gasteiger partial charge in [0.05, 0.1) is 0 Å². The first kappa shape index (κ1) is 8.39. The van der Waals surface area contributed by atoms with Crippen molar-refractivity contribution >= 4 is 5.91 Å². The van der Waals surface area contributed by atoms with Gasteiger partial charge in [-0.3, -0.25) is 4.79 Å². The van der Waals surface area contributed by atoms with E-state index in [0.29, 0.717) is 0 Å². The number of carbonyl (C=O) groups excluding carboxylic acids is 1. The van der Waals surface area contributed by atoms with Gasteiger partial charge >= 0.3 is 0 Å². The molecule has 0 saturated heterocycles. The highest BCUT2D eigenvalue weighted by atomic mass is 16.6. The molecule has 0 aromatic heterocycles. The number of carbonyl (C=O) groups is 1. The van der Waals surface area contributed by atoms with Crippen LogP contribution in [0.1, 0.15) is 6.92 Å². The van der Waals surface area contributed by atoms with Gasteiger partial charge in [-0.1, -0.05) is 0 Å². The lowest BCUT2D eigenvalue weighted by atomic mass is 10.3. The minimum atomic E-state index is -1.70. The van der Waals surface area contributed by atoms with Crippen molar-refractivity contribution in [3.8, 4) is 0 Å². The summed E-state index contributed by atoms with van der Waals surface area (Å²) >= 11 is 0. The third-order valence-electron chi connectivity index (χ3n) is 1.05. The van der Waals surface area contributed by atoms with Gasteiger partial charge in [-0.2, -0.15) is 0 Å². The number of hydrogen-bond acceptors (Lipinski definition) is 3. The van der Waals surface area contributed by atoms with Crippen LogP contribution in [0.2, 0.25) is 0 Å². The second-order valence-electron chi connectivity index (χ2n) is 1.77. The van der Waals surface area contributed by atoms with Crippen molar-refractivity contribution in [1.29, 1.82) is 0 Å². The van der Waals surface area contributed by atoms with E-state index in [4.69, 9.17) is 5.11 Å². The predicted molar refractivity (Wildman–Crippen MR) is 31.7 cm³/mol. The highest BCUT2D eigenvalue weighted by molar-refractivity contribution is 5.82. The van der Waals surface area contributed by atoms with Crippen LogP contribution in [0, 0.1) is 0 Å². The second kappa shape index (κ2) is 2.80. The lowest BCUT2D eigenvalue weighted by molar-refractivity contribution is -0.188. The number of ether oxygens (including phenoxy) is 1. The summed E-state index contributed by atoms with van der Waals surface area (Å²) < 4.78 is 4.43. The number of likely N-dealkylation sites (N-methyl/N-ethyl adjacent to an activating group) is 1. The summed E-state index contributed by atoms with van der Waals surface area (Å²) in [6.45, 7) is 1.27. The average molecular weight is 133 g/mol. The third kappa shape index (κ3) is 1.99. The Bertz CT molecular complexity index is 111. The molecule has 1 amide bonds. The van der Waals surface area contributed by atoms with Gasteiger partial charge in [0.25, 0.3) is 5.91 Å². The molecule has 0 bridgehead atoms. The third-order valence-corrected chi connectivity index (χ3v) is 1.05. The summed E-state index contributed by atoms with van der Waals surface area (Å²) in [5, 5.41) is 11.2. The van der Waals surface area contributed by atoms with Crippen LogP contribution in [0.3, 0.4) is 0 Å². The van der Waals surface area contributed by atoms with Gasteiger partial charge in [-0.05, 0) is 6.92 Å². The maximum atomic E-state index is 10.6. The molecular weight excluding hydrogens is 122 g/mol. The van der Waals surface area contributed by atoms with Crippen molar-refractivity contribution in [3.63, 3.8) is 0 Å². The fraction of sp³-hybridized carbons (Fsp3) is 0.800. The van der Waals surface area contributed by atoms with Crippen molar-refractivity contribution < 1.29 is 14.6 Å². The van der Waals surface area contributed by atoms with E-state index in [1.807, 2.05) is 0 Å². The summed E-state index contributed by atoms with van der Waals surface area (Å²) in [5.74, 6) is -2.25. The standard InChI is InChI=1S/C5H11NO3/c1-5(8,9-3)4(7)6-2/h8H,1-3H3,(H,6,7). The van der Waals surface area contributed by atoms with Gasteiger partial charge in [-0.25, -0.2) is 0 Å². The van der Waals surface area contributed by atoms with Crippen LogP contribution in [0.5, 0.6) is 0 Å². The normalized spacial score (nSPS) is 16.4. The van der Waals surface area contributed by atoms with Crippen LogP contribution < -0.4 is 5.32 Å². The summed E-state index contributed by atoms with van der Waals surface area (Å²) in [5.41, 5.74) is 0. The van der Waals surface area contributed by atoms with Gasteiger partial charge < -0.3 is 15.2 Å². The zero-order chi connectivity index (χ0) is 7.49. The van der Waals surface area contributed by atoms with Crippen molar-refractivity contribution in [2.24, 2.45) is 0 Å². The maximum absolute atomic E-state index is 10.6. The number of nitrogens with one attached hydrogen (secondary N) is 1. The first-order valence-corrected chi connectivity index (χ1v) is 2.54. The van der Waals surface area contributed by atoms with Gasteiger partial charge in [0, 0.05) is 14.2 Å². The van der Waals surface area contributed by atoms with Gasteiger partial charge in [0.2, 0.25) is 5.79 Å². The molecule has 1 unspecified atom stereocenters. The Labute approximate surface area is 53.8 Å². The molecule has 0 radical (unpaired) electrons. The van der Waals surface area contributed by atoms with Gasteiger partial charge in [0.1, 0.15) is 0 Å². The summed E-state index contributed by atoms with van der Waals surface area (Å²) in [4.78, 5) is 10.6. The zero-order valence-corrected chi connectivity index (χ0v) is 5.76. The molecular formula is C5H11NO3. The van der Waals surface area contributed by atoms with Crippen LogP contribution in [-0.2, 0) is 9.53 Å². The molecule has 4 nitrogen and oxygen atoms in total. The number of aliphatic hydroxyl groups is 1. The number of hydrogen-bond donors (Lipinski definition) is 2. The Balaban J connectivity index is 3.97. The Hall–Kier alpha value is -0.610. The van der Waals surface area contributed by atoms with Crippen molar-refractivity contribution in [3.05, 3.63) is 0 Å². The van der Waals surface area contributed by atoms with Crippen LogP contribution >= 0.6 is 0 Å². The molecule has 0 aliphatic heterocycles. The molecule has 0 fully saturated rings. The van der Waals surface area contributed by atoms with Crippen LogP contribution in [0.4, 0.5) is 0 Å². The smallest absolute Gasteiger partial charge is 0.279 e. The minimum absolute atomic E-state index is 0.551. The van der Waals surface area contributed by atoms with Gasteiger partial charge in [-0.15, -0.1) is 0 Å². The first-order chi connectivity index (χ1) is 4.04. The highest BCUT2D eigenvalue weighted by Crippen LogP contribution is 2.01. The van der Waals surface area contributed by atoms with Crippen molar-refractivity contribution in [2.75, 3.05) is 14.2 Å². The summed E-state index contributed by atoms with van der Waals surface area (Å²) in [7, 11) is 2.69. The zero-order valence-electron chi connectivity index (χ0n) is 5.76. The van der Waals surface area contributed by atoms with Crippen LogP contribution in [0.15, 0.2) is 0 Å². The van der Waals surface area contributed by atoms with E-state index in [1.165, 1.54) is 21.1 Å². The molecule has 0 aromatic rings. The Kier molecular flexibility index (Phi) is 2.61. The number of amides is 1. The molecule has 0 saturated carbocycles. The quantitative estimate of drug-likeness (QED) is 0.479. The van der Waals surface area contributed by atoms with E-state index in [-0.39, 0.29) is 0 Å². The number of methoxy groups -OCH3 is 1. The first-order valence-electron chi connectivity index (χ1n) is 2.54. The fourth-order valence-corrected chi connectivity index (χ4v) is 0.325. The van der Waals surface area contributed by atoms with E-state index in [1.54, 1.807) is 0 Å². The summed E-state index contributed by atoms with van der Waals surface area (Å²) in [6.07, 6.45) is 0. The minimum Gasteiger partial charge on any atom is -0.358 e. The van der Waals surface area contributed by atoms with Crippen LogP contribution in [-0.4, -0.2) is 31.0 Å². The van der Waals surface area contributed by atoms with E-state index in [2.05, 4.69) is 10.1 Å². The van der Waals surface area contributed by atoms with Gasteiger partial charge in [0.15, 0.2) is 0 Å². The SMILES string of the molecule is CNC(=O)C(C)(O)OC. The van der Waals surface area contributed by atoms with Crippen molar-refractivity contribution in [1.82, 2.24) is 5.32 Å². The molecule has 2 N–H and O–H groups in total. The molecule has 4 heteroatoms. The molecule has 0 spiro atoms. The lowest BCUT2D eigenvalue weighted by Crippen LogP contribution is -2.44. The molecule has 0 heterocycles. The Morgan fingerprint density at radius 1 is 1.78 bits per heavy atom. The van der Waals surface area contributed by atoms with E-state index in [0.717, 1.165) is 0 Å². The fourth-order valence-electron chi connectivity index (χ4n) is 0.325. The molecule has 0 aliphatic carbocycles. The Morgan fingerprint density at radius 2 is 2.22 bits per heavy atom. The molecule has 0 aromatic carbocycles.